The first-order valence-electron chi connectivity index (χ1n) is 6.44. The SMILES string of the molecule is CC(C)(C)COc1ccc(NC(C#N)=C(C#N)C#N)cc1F. The van der Waals surface area contributed by atoms with Gasteiger partial charge in [0.2, 0.25) is 0 Å². The van der Waals surface area contributed by atoms with E-state index in [0.717, 1.165) is 6.07 Å². The molecule has 0 saturated heterocycles. The van der Waals surface area contributed by atoms with Crippen molar-refractivity contribution in [3.05, 3.63) is 35.3 Å². The standard InChI is InChI=1S/C16H15FN4O/c1-16(2,3)10-22-15-5-4-12(6-13(15)17)21-14(9-20)11(7-18)8-19/h4-6,21H,10H2,1-3H3. The van der Waals surface area contributed by atoms with E-state index in [0.29, 0.717) is 6.61 Å². The first kappa shape index (κ1) is 17.0. The summed E-state index contributed by atoms with van der Waals surface area (Å²) in [5.41, 5.74) is -0.446. The molecule has 1 N–H and O–H groups in total. The molecule has 0 aromatic heterocycles. The summed E-state index contributed by atoms with van der Waals surface area (Å²) < 4.78 is 19.3. The Balaban J connectivity index is 2.96. The molecule has 0 bridgehead atoms. The Morgan fingerprint density at radius 2 is 1.82 bits per heavy atom. The van der Waals surface area contributed by atoms with E-state index in [1.165, 1.54) is 12.1 Å². The molecule has 0 saturated carbocycles. The van der Waals surface area contributed by atoms with Crippen LogP contribution >= 0.6 is 0 Å². The maximum absolute atomic E-state index is 14.0. The van der Waals surface area contributed by atoms with Gasteiger partial charge in [0.1, 0.15) is 23.9 Å². The van der Waals surface area contributed by atoms with Gasteiger partial charge in [-0.3, -0.25) is 0 Å². The van der Waals surface area contributed by atoms with E-state index >= 15 is 0 Å². The maximum atomic E-state index is 14.0. The molecule has 0 heterocycles. The van der Waals surface area contributed by atoms with Gasteiger partial charge in [0.25, 0.3) is 0 Å². The van der Waals surface area contributed by atoms with Gasteiger partial charge in [0.05, 0.1) is 6.61 Å². The van der Waals surface area contributed by atoms with E-state index in [9.17, 15) is 4.39 Å². The molecule has 1 aromatic rings. The van der Waals surface area contributed by atoms with Crippen molar-refractivity contribution < 1.29 is 9.13 Å². The zero-order chi connectivity index (χ0) is 16.8. The fourth-order valence-corrected chi connectivity index (χ4v) is 1.42. The monoisotopic (exact) mass is 298 g/mol. The van der Waals surface area contributed by atoms with Crippen LogP contribution in [0.15, 0.2) is 29.5 Å². The van der Waals surface area contributed by atoms with Crippen LogP contribution in [0.25, 0.3) is 0 Å². The molecule has 112 valence electrons. The normalized spacial score (nSPS) is 9.86. The summed E-state index contributed by atoms with van der Waals surface area (Å²) >= 11 is 0. The minimum atomic E-state index is -0.595. The molecule has 0 aliphatic rings. The smallest absolute Gasteiger partial charge is 0.167 e. The van der Waals surface area contributed by atoms with Crippen molar-refractivity contribution in [3.63, 3.8) is 0 Å². The van der Waals surface area contributed by atoms with E-state index in [2.05, 4.69) is 5.32 Å². The highest BCUT2D eigenvalue weighted by Crippen LogP contribution is 2.24. The number of nitrogens with zero attached hydrogens (tertiary/aromatic N) is 3. The van der Waals surface area contributed by atoms with Gasteiger partial charge >= 0.3 is 0 Å². The number of benzene rings is 1. The first-order valence-corrected chi connectivity index (χ1v) is 6.44. The van der Waals surface area contributed by atoms with Crippen molar-refractivity contribution in [3.8, 4) is 24.0 Å². The predicted octanol–water partition coefficient (Wildman–Crippen LogP) is 3.49. The van der Waals surface area contributed by atoms with Gasteiger partial charge in [0, 0.05) is 11.8 Å². The molecule has 0 unspecified atom stereocenters. The molecule has 0 atom stereocenters. The summed E-state index contributed by atoms with van der Waals surface area (Å²) in [4.78, 5) is 0. The Morgan fingerprint density at radius 1 is 1.18 bits per heavy atom. The Kier molecular flexibility index (Phi) is 5.50. The summed E-state index contributed by atoms with van der Waals surface area (Å²) in [5, 5.41) is 28.9. The molecule has 0 aliphatic carbocycles. The van der Waals surface area contributed by atoms with Crippen LogP contribution in [-0.2, 0) is 0 Å². The topological polar surface area (TPSA) is 92.6 Å². The average Bonchev–Trinajstić information content (AvgIpc) is 2.45. The molecule has 22 heavy (non-hydrogen) atoms. The number of allylic oxidation sites excluding steroid dienone is 2. The summed E-state index contributed by atoms with van der Waals surface area (Å²) in [7, 11) is 0. The number of anilines is 1. The first-order chi connectivity index (χ1) is 10.3. The van der Waals surface area contributed by atoms with Crippen LogP contribution in [0.5, 0.6) is 5.75 Å². The fraction of sp³-hybridized carbons (Fsp3) is 0.312. The highest BCUT2D eigenvalue weighted by atomic mass is 19.1. The number of nitrogens with one attached hydrogen (secondary N) is 1. The lowest BCUT2D eigenvalue weighted by molar-refractivity contribution is 0.191. The van der Waals surface area contributed by atoms with E-state index in [-0.39, 0.29) is 28.1 Å². The highest BCUT2D eigenvalue weighted by molar-refractivity contribution is 5.59. The van der Waals surface area contributed by atoms with Crippen molar-refractivity contribution in [2.45, 2.75) is 20.8 Å². The summed E-state index contributed by atoms with van der Waals surface area (Å²) in [6, 6.07) is 8.98. The molecular formula is C16H15FN4O. The summed E-state index contributed by atoms with van der Waals surface area (Å²) in [6.07, 6.45) is 0. The minimum Gasteiger partial charge on any atom is -0.490 e. The average molecular weight is 298 g/mol. The van der Waals surface area contributed by atoms with Crippen LogP contribution in [0.2, 0.25) is 0 Å². The zero-order valence-corrected chi connectivity index (χ0v) is 12.6. The van der Waals surface area contributed by atoms with Crippen molar-refractivity contribution >= 4 is 5.69 Å². The third-order valence-corrected chi connectivity index (χ3v) is 2.45. The lowest BCUT2D eigenvalue weighted by Gasteiger charge is -2.19. The van der Waals surface area contributed by atoms with Gasteiger partial charge < -0.3 is 10.1 Å². The number of hydrogen-bond acceptors (Lipinski definition) is 5. The largest absolute Gasteiger partial charge is 0.490 e. The van der Waals surface area contributed by atoms with Gasteiger partial charge in [-0.1, -0.05) is 20.8 Å². The Labute approximate surface area is 128 Å². The molecule has 5 nitrogen and oxygen atoms in total. The van der Waals surface area contributed by atoms with Crippen LogP contribution in [-0.4, -0.2) is 6.61 Å². The van der Waals surface area contributed by atoms with Crippen molar-refractivity contribution in [2.75, 3.05) is 11.9 Å². The second-order valence-electron chi connectivity index (χ2n) is 5.70. The molecule has 0 amide bonds. The van der Waals surface area contributed by atoms with E-state index in [4.69, 9.17) is 20.5 Å². The lowest BCUT2D eigenvalue weighted by atomic mass is 9.99. The number of nitriles is 3. The van der Waals surface area contributed by atoms with E-state index in [1.807, 2.05) is 20.8 Å². The van der Waals surface area contributed by atoms with E-state index in [1.54, 1.807) is 18.2 Å². The predicted molar refractivity (Wildman–Crippen MR) is 78.8 cm³/mol. The van der Waals surface area contributed by atoms with Crippen LogP contribution < -0.4 is 10.1 Å². The van der Waals surface area contributed by atoms with Crippen molar-refractivity contribution in [2.24, 2.45) is 5.41 Å². The van der Waals surface area contributed by atoms with Gasteiger partial charge in [-0.05, 0) is 17.5 Å². The minimum absolute atomic E-state index is 0.101. The number of ether oxygens (including phenoxy) is 1. The molecule has 0 spiro atoms. The van der Waals surface area contributed by atoms with Crippen molar-refractivity contribution in [1.82, 2.24) is 0 Å². The van der Waals surface area contributed by atoms with Crippen LogP contribution in [0.1, 0.15) is 20.8 Å². The third kappa shape index (κ3) is 4.81. The van der Waals surface area contributed by atoms with Gasteiger partial charge in [-0.2, -0.15) is 15.8 Å². The summed E-state index contributed by atoms with van der Waals surface area (Å²) in [6.45, 7) is 6.26. The molecular weight excluding hydrogens is 283 g/mol. The molecule has 1 rings (SSSR count). The Hall–Kier alpha value is -3.04. The third-order valence-electron chi connectivity index (χ3n) is 2.45. The molecule has 0 radical (unpaired) electrons. The number of halogens is 1. The van der Waals surface area contributed by atoms with Gasteiger partial charge in [0.15, 0.2) is 17.1 Å². The van der Waals surface area contributed by atoms with Crippen LogP contribution in [0.3, 0.4) is 0 Å². The second-order valence-corrected chi connectivity index (χ2v) is 5.70. The van der Waals surface area contributed by atoms with Crippen LogP contribution in [0, 0.1) is 45.2 Å². The molecule has 0 aliphatic heterocycles. The number of rotatable bonds is 4. The summed E-state index contributed by atoms with van der Waals surface area (Å²) in [5.74, 6) is -0.495. The lowest BCUT2D eigenvalue weighted by Crippen LogP contribution is -2.17. The quantitative estimate of drug-likeness (QED) is 0.859. The van der Waals surface area contributed by atoms with Gasteiger partial charge in [-0.15, -0.1) is 0 Å². The second kappa shape index (κ2) is 7.11. The fourth-order valence-electron chi connectivity index (χ4n) is 1.42. The number of hydrogen-bond donors (Lipinski definition) is 1. The molecule has 0 fully saturated rings. The molecule has 1 aromatic carbocycles. The van der Waals surface area contributed by atoms with Crippen molar-refractivity contribution in [1.29, 1.82) is 15.8 Å². The van der Waals surface area contributed by atoms with Gasteiger partial charge in [-0.25, -0.2) is 4.39 Å². The Bertz CT molecular complexity index is 696. The Morgan fingerprint density at radius 3 is 2.27 bits per heavy atom. The zero-order valence-electron chi connectivity index (χ0n) is 12.6. The molecule has 6 heteroatoms. The maximum Gasteiger partial charge on any atom is 0.167 e. The van der Waals surface area contributed by atoms with Crippen LogP contribution in [0.4, 0.5) is 10.1 Å². The highest BCUT2D eigenvalue weighted by Gasteiger charge is 2.14. The van der Waals surface area contributed by atoms with E-state index < -0.39 is 5.82 Å².